The Kier molecular flexibility index (Phi) is 7.93. The van der Waals surface area contributed by atoms with E-state index in [9.17, 15) is 14.7 Å². The Morgan fingerprint density at radius 2 is 1.79 bits per heavy atom. The molecule has 2 aromatic carbocycles. The number of allylic oxidation sites excluding steroid dienone is 1. The Hall–Kier alpha value is -4.17. The van der Waals surface area contributed by atoms with E-state index in [-0.39, 0.29) is 23.5 Å². The maximum Gasteiger partial charge on any atom is 0.236 e. The zero-order valence-corrected chi connectivity index (χ0v) is 22.3. The summed E-state index contributed by atoms with van der Waals surface area (Å²) in [6, 6.07) is 18.9. The van der Waals surface area contributed by atoms with E-state index < -0.39 is 0 Å². The van der Waals surface area contributed by atoms with Gasteiger partial charge in [-0.25, -0.2) is 0 Å². The van der Waals surface area contributed by atoms with Crippen LogP contribution in [0.25, 0.3) is 16.8 Å². The second kappa shape index (κ2) is 11.7. The van der Waals surface area contributed by atoms with Crippen LogP contribution in [0.4, 0.5) is 11.4 Å². The normalized spacial score (nSPS) is 17.7. The summed E-state index contributed by atoms with van der Waals surface area (Å²) in [5.74, 6) is -0.0385. The largest absolute Gasteiger partial charge is 0.507 e. The molecule has 2 saturated heterocycles. The van der Waals surface area contributed by atoms with Crippen LogP contribution in [0.5, 0.6) is 5.75 Å². The van der Waals surface area contributed by atoms with Crippen molar-refractivity contribution in [2.24, 2.45) is 5.92 Å². The van der Waals surface area contributed by atoms with Crippen molar-refractivity contribution in [2.45, 2.75) is 13.3 Å². The third-order valence-corrected chi connectivity index (χ3v) is 7.56. The minimum atomic E-state index is -0.191. The standard InChI is InChI=1S/C31H35N5O3/c1-22(2)23-6-9-26(10-7-23)35-15-17-36(18-16-35)30(38)21-34-14-12-24(20-34)31(39)33-25-8-11-29(37)27(19-25)28-5-3-4-13-32-28/h3-11,13,19,24,37H,1,12,14-18,20-21H2,2H3,(H,33,39)/t24-/m1/s1. The molecular weight excluding hydrogens is 490 g/mol. The van der Waals surface area contributed by atoms with E-state index in [0.717, 1.165) is 24.2 Å². The monoisotopic (exact) mass is 525 g/mol. The molecule has 39 heavy (non-hydrogen) atoms. The van der Waals surface area contributed by atoms with Gasteiger partial charge < -0.3 is 20.2 Å². The molecule has 0 bridgehead atoms. The Bertz CT molecular complexity index is 1330. The van der Waals surface area contributed by atoms with Gasteiger partial charge in [0, 0.05) is 55.9 Å². The fraction of sp³-hybridized carbons (Fsp3) is 0.323. The lowest BCUT2D eigenvalue weighted by Gasteiger charge is -2.36. The minimum Gasteiger partial charge on any atom is -0.507 e. The number of benzene rings is 2. The van der Waals surface area contributed by atoms with Crippen molar-refractivity contribution in [1.82, 2.24) is 14.8 Å². The molecule has 1 aromatic heterocycles. The van der Waals surface area contributed by atoms with Gasteiger partial charge in [0.2, 0.25) is 11.8 Å². The number of nitrogens with zero attached hydrogens (tertiary/aromatic N) is 4. The summed E-state index contributed by atoms with van der Waals surface area (Å²) in [6.07, 6.45) is 2.37. The van der Waals surface area contributed by atoms with Gasteiger partial charge in [0.1, 0.15) is 5.75 Å². The van der Waals surface area contributed by atoms with Gasteiger partial charge >= 0.3 is 0 Å². The first-order chi connectivity index (χ1) is 18.9. The number of carbonyl (C=O) groups excluding carboxylic acids is 2. The number of nitrogens with one attached hydrogen (secondary N) is 1. The molecule has 2 N–H and O–H groups in total. The molecule has 2 aliphatic heterocycles. The lowest BCUT2D eigenvalue weighted by atomic mass is 10.1. The van der Waals surface area contributed by atoms with Gasteiger partial charge in [0.15, 0.2) is 0 Å². The first-order valence-electron chi connectivity index (χ1n) is 13.4. The highest BCUT2D eigenvalue weighted by atomic mass is 16.3. The molecule has 202 valence electrons. The quantitative estimate of drug-likeness (QED) is 0.452. The molecule has 8 heteroatoms. The van der Waals surface area contributed by atoms with E-state index in [1.807, 2.05) is 30.0 Å². The second-order valence-corrected chi connectivity index (χ2v) is 10.4. The number of amides is 2. The van der Waals surface area contributed by atoms with E-state index in [1.54, 1.807) is 24.4 Å². The summed E-state index contributed by atoms with van der Waals surface area (Å²) < 4.78 is 0. The maximum atomic E-state index is 13.0. The fourth-order valence-electron chi connectivity index (χ4n) is 5.24. The van der Waals surface area contributed by atoms with Gasteiger partial charge in [-0.2, -0.15) is 0 Å². The molecular formula is C31H35N5O3. The zero-order valence-electron chi connectivity index (χ0n) is 22.3. The molecule has 0 spiro atoms. The van der Waals surface area contributed by atoms with Crippen molar-refractivity contribution in [2.75, 3.05) is 56.0 Å². The smallest absolute Gasteiger partial charge is 0.236 e. The van der Waals surface area contributed by atoms with Crippen LogP contribution in [0.15, 0.2) is 73.4 Å². The molecule has 8 nitrogen and oxygen atoms in total. The number of likely N-dealkylation sites (tertiary alicyclic amines) is 1. The average molecular weight is 526 g/mol. The van der Waals surface area contributed by atoms with Crippen LogP contribution in [0.1, 0.15) is 18.9 Å². The molecule has 3 aromatic rings. The maximum absolute atomic E-state index is 13.0. The van der Waals surface area contributed by atoms with Crippen LogP contribution in [-0.4, -0.2) is 77.5 Å². The highest BCUT2D eigenvalue weighted by molar-refractivity contribution is 5.94. The SMILES string of the molecule is C=C(C)c1ccc(N2CCN(C(=O)CN3CC[C@@H](C(=O)Nc4ccc(O)c(-c5ccccn5)c4)C3)CC2)cc1. The summed E-state index contributed by atoms with van der Waals surface area (Å²) in [5.41, 5.74) is 5.17. The zero-order chi connectivity index (χ0) is 27.4. The molecule has 2 aliphatic rings. The van der Waals surface area contributed by atoms with Gasteiger partial charge in [-0.15, -0.1) is 0 Å². The highest BCUT2D eigenvalue weighted by Gasteiger charge is 2.31. The third-order valence-electron chi connectivity index (χ3n) is 7.56. The van der Waals surface area contributed by atoms with Crippen molar-refractivity contribution in [1.29, 1.82) is 0 Å². The number of piperazine rings is 1. The molecule has 5 rings (SSSR count). The third kappa shape index (κ3) is 6.29. The van der Waals surface area contributed by atoms with Crippen LogP contribution in [-0.2, 0) is 9.59 Å². The van der Waals surface area contributed by atoms with Crippen LogP contribution >= 0.6 is 0 Å². The topological polar surface area (TPSA) is 89.0 Å². The summed E-state index contributed by atoms with van der Waals surface area (Å²) in [6.45, 7) is 10.6. The summed E-state index contributed by atoms with van der Waals surface area (Å²) >= 11 is 0. The van der Waals surface area contributed by atoms with E-state index in [4.69, 9.17) is 0 Å². The lowest BCUT2D eigenvalue weighted by Crippen LogP contribution is -2.51. The molecule has 0 unspecified atom stereocenters. The van der Waals surface area contributed by atoms with Crippen molar-refractivity contribution >= 4 is 28.8 Å². The first-order valence-corrected chi connectivity index (χ1v) is 13.4. The molecule has 1 atom stereocenters. The number of pyridine rings is 1. The number of anilines is 2. The summed E-state index contributed by atoms with van der Waals surface area (Å²) in [4.78, 5) is 36.6. The van der Waals surface area contributed by atoms with E-state index >= 15 is 0 Å². The molecule has 2 fully saturated rings. The van der Waals surface area contributed by atoms with Gasteiger partial charge in [0.05, 0.1) is 18.2 Å². The van der Waals surface area contributed by atoms with Crippen LogP contribution in [0.2, 0.25) is 0 Å². The number of hydrogen-bond donors (Lipinski definition) is 2. The lowest BCUT2D eigenvalue weighted by molar-refractivity contribution is -0.132. The number of carbonyl (C=O) groups is 2. The van der Waals surface area contributed by atoms with Crippen molar-refractivity contribution < 1.29 is 14.7 Å². The molecule has 0 saturated carbocycles. The number of phenols is 1. The predicted molar refractivity (Wildman–Crippen MR) is 154 cm³/mol. The number of rotatable bonds is 7. The number of aromatic nitrogens is 1. The van der Waals surface area contributed by atoms with Crippen LogP contribution in [0.3, 0.4) is 0 Å². The van der Waals surface area contributed by atoms with Gasteiger partial charge in [-0.1, -0.05) is 30.4 Å². The molecule has 0 radical (unpaired) electrons. The Morgan fingerprint density at radius 3 is 2.49 bits per heavy atom. The first kappa shape index (κ1) is 26.4. The van der Waals surface area contributed by atoms with E-state index in [0.29, 0.717) is 56.1 Å². The molecule has 2 amide bonds. The van der Waals surface area contributed by atoms with Crippen LogP contribution < -0.4 is 10.2 Å². The number of aromatic hydroxyl groups is 1. The number of phenolic OH excluding ortho intramolecular Hbond substituents is 1. The average Bonchev–Trinajstić information content (AvgIpc) is 3.43. The van der Waals surface area contributed by atoms with Crippen molar-refractivity contribution in [3.05, 3.63) is 79.0 Å². The Labute approximate surface area is 229 Å². The van der Waals surface area contributed by atoms with Crippen molar-refractivity contribution in [3.63, 3.8) is 0 Å². The Balaban J connectivity index is 1.10. The minimum absolute atomic E-state index is 0.0751. The van der Waals surface area contributed by atoms with E-state index in [2.05, 4.69) is 50.9 Å². The van der Waals surface area contributed by atoms with E-state index in [1.165, 1.54) is 5.69 Å². The molecule has 3 heterocycles. The highest BCUT2D eigenvalue weighted by Crippen LogP contribution is 2.31. The van der Waals surface area contributed by atoms with Gasteiger partial charge in [-0.3, -0.25) is 19.5 Å². The molecule has 0 aliphatic carbocycles. The predicted octanol–water partition coefficient (Wildman–Crippen LogP) is 4.10. The van der Waals surface area contributed by atoms with Crippen LogP contribution in [0, 0.1) is 5.92 Å². The number of hydrogen-bond acceptors (Lipinski definition) is 6. The fourth-order valence-corrected chi connectivity index (χ4v) is 5.24. The second-order valence-electron chi connectivity index (χ2n) is 10.4. The summed E-state index contributed by atoms with van der Waals surface area (Å²) in [5, 5.41) is 13.2. The van der Waals surface area contributed by atoms with Gasteiger partial charge in [-0.05, 0) is 67.9 Å². The van der Waals surface area contributed by atoms with Crippen molar-refractivity contribution in [3.8, 4) is 17.0 Å². The Morgan fingerprint density at radius 1 is 1.03 bits per heavy atom. The summed E-state index contributed by atoms with van der Waals surface area (Å²) in [7, 11) is 0. The van der Waals surface area contributed by atoms with Gasteiger partial charge in [0.25, 0.3) is 0 Å².